The quantitative estimate of drug-likeness (QED) is 0.908. The van der Waals surface area contributed by atoms with Crippen LogP contribution in [0.3, 0.4) is 0 Å². The zero-order valence-corrected chi connectivity index (χ0v) is 15.3. The highest BCUT2D eigenvalue weighted by Crippen LogP contribution is 2.20. The number of amides is 1. The summed E-state index contributed by atoms with van der Waals surface area (Å²) in [5, 5.41) is 3.11. The number of furan rings is 1. The number of para-hydroxylation sites is 1. The van der Waals surface area contributed by atoms with Crippen LogP contribution in [0.2, 0.25) is 0 Å². The van der Waals surface area contributed by atoms with Crippen molar-refractivity contribution in [3.05, 3.63) is 53.5 Å². The molecule has 0 spiro atoms. The van der Waals surface area contributed by atoms with E-state index in [1.54, 1.807) is 6.26 Å². The number of aryl methyl sites for hydroxylation is 2. The van der Waals surface area contributed by atoms with E-state index in [2.05, 4.69) is 15.1 Å². The summed E-state index contributed by atoms with van der Waals surface area (Å²) >= 11 is 0. The van der Waals surface area contributed by atoms with E-state index in [0.717, 1.165) is 55.3 Å². The monoisotopic (exact) mass is 341 g/mol. The zero-order chi connectivity index (χ0) is 17.8. The average Bonchev–Trinajstić information content (AvgIpc) is 3.11. The summed E-state index contributed by atoms with van der Waals surface area (Å²) in [7, 11) is 0. The fourth-order valence-corrected chi connectivity index (χ4v) is 3.34. The summed E-state index contributed by atoms with van der Waals surface area (Å²) in [4.78, 5) is 17.3. The second-order valence-electron chi connectivity index (χ2n) is 6.82. The van der Waals surface area contributed by atoms with Crippen molar-refractivity contribution in [3.8, 4) is 0 Å². The van der Waals surface area contributed by atoms with E-state index in [1.165, 1.54) is 0 Å². The molecule has 1 unspecified atom stereocenters. The molecule has 1 amide bonds. The van der Waals surface area contributed by atoms with Gasteiger partial charge in [-0.1, -0.05) is 18.2 Å². The van der Waals surface area contributed by atoms with E-state index in [0.29, 0.717) is 0 Å². The lowest BCUT2D eigenvalue weighted by Crippen LogP contribution is -2.52. The molecule has 25 heavy (non-hydrogen) atoms. The smallest absolute Gasteiger partial charge is 0.241 e. The van der Waals surface area contributed by atoms with Crippen LogP contribution in [0.1, 0.15) is 23.8 Å². The molecule has 1 aliphatic heterocycles. The van der Waals surface area contributed by atoms with Crippen molar-refractivity contribution < 1.29 is 9.21 Å². The number of anilines is 1. The van der Waals surface area contributed by atoms with Crippen LogP contribution in [-0.4, -0.2) is 47.9 Å². The van der Waals surface area contributed by atoms with Crippen molar-refractivity contribution in [1.29, 1.82) is 0 Å². The van der Waals surface area contributed by atoms with Gasteiger partial charge in [0.25, 0.3) is 0 Å². The Kier molecular flexibility index (Phi) is 5.56. The number of nitrogens with one attached hydrogen (secondary N) is 1. The van der Waals surface area contributed by atoms with Gasteiger partial charge in [-0.3, -0.25) is 14.6 Å². The van der Waals surface area contributed by atoms with Crippen LogP contribution in [0.4, 0.5) is 5.69 Å². The summed E-state index contributed by atoms with van der Waals surface area (Å²) < 4.78 is 5.42. The minimum Gasteiger partial charge on any atom is -0.468 e. The van der Waals surface area contributed by atoms with Crippen LogP contribution in [-0.2, 0) is 11.3 Å². The van der Waals surface area contributed by atoms with Gasteiger partial charge in [0.15, 0.2) is 0 Å². The molecular weight excluding hydrogens is 314 g/mol. The summed E-state index contributed by atoms with van der Waals surface area (Å²) in [5.41, 5.74) is 3.14. The van der Waals surface area contributed by atoms with Crippen LogP contribution in [0.15, 0.2) is 41.0 Å². The molecule has 5 nitrogen and oxygen atoms in total. The van der Waals surface area contributed by atoms with Crippen molar-refractivity contribution in [1.82, 2.24) is 9.80 Å². The minimum absolute atomic E-state index is 0.0666. The van der Waals surface area contributed by atoms with E-state index < -0.39 is 0 Å². The molecule has 1 N–H and O–H groups in total. The lowest BCUT2D eigenvalue weighted by Gasteiger charge is -2.37. The van der Waals surface area contributed by atoms with E-state index in [9.17, 15) is 4.79 Å². The molecule has 0 radical (unpaired) electrons. The molecule has 0 saturated carbocycles. The molecule has 1 aromatic carbocycles. The Balaban J connectivity index is 1.53. The van der Waals surface area contributed by atoms with E-state index in [1.807, 2.05) is 51.1 Å². The minimum atomic E-state index is -0.134. The first-order chi connectivity index (χ1) is 12.0. The van der Waals surface area contributed by atoms with Gasteiger partial charge in [0.2, 0.25) is 5.91 Å². The number of piperazine rings is 1. The second-order valence-corrected chi connectivity index (χ2v) is 6.82. The molecule has 3 rings (SSSR count). The van der Waals surface area contributed by atoms with Crippen LogP contribution in [0.5, 0.6) is 0 Å². The number of nitrogens with zero attached hydrogens (tertiary/aromatic N) is 2. The Morgan fingerprint density at radius 3 is 2.40 bits per heavy atom. The van der Waals surface area contributed by atoms with Crippen LogP contribution < -0.4 is 5.32 Å². The summed E-state index contributed by atoms with van der Waals surface area (Å²) in [6, 6.07) is 9.87. The lowest BCUT2D eigenvalue weighted by molar-refractivity contribution is -0.121. The summed E-state index contributed by atoms with van der Waals surface area (Å²) in [6.07, 6.45) is 1.71. The van der Waals surface area contributed by atoms with Crippen molar-refractivity contribution in [2.75, 3.05) is 31.5 Å². The Morgan fingerprint density at radius 2 is 1.80 bits per heavy atom. The molecule has 1 atom stereocenters. The Bertz CT molecular complexity index is 683. The highest BCUT2D eigenvalue weighted by atomic mass is 16.3. The Labute approximate surface area is 149 Å². The maximum atomic E-state index is 12.7. The number of hydrogen-bond acceptors (Lipinski definition) is 4. The summed E-state index contributed by atoms with van der Waals surface area (Å²) in [6.45, 7) is 10.6. The van der Waals surface area contributed by atoms with Gasteiger partial charge in [0, 0.05) is 31.9 Å². The van der Waals surface area contributed by atoms with Crippen molar-refractivity contribution >= 4 is 11.6 Å². The average molecular weight is 341 g/mol. The fraction of sp³-hybridized carbons (Fsp3) is 0.450. The van der Waals surface area contributed by atoms with Gasteiger partial charge in [-0.05, 0) is 44.0 Å². The molecule has 1 aromatic heterocycles. The van der Waals surface area contributed by atoms with Crippen LogP contribution in [0, 0.1) is 13.8 Å². The van der Waals surface area contributed by atoms with E-state index in [4.69, 9.17) is 4.42 Å². The Morgan fingerprint density at radius 1 is 1.12 bits per heavy atom. The molecule has 0 bridgehead atoms. The zero-order valence-electron chi connectivity index (χ0n) is 15.3. The molecular formula is C20H27N3O2. The molecule has 1 fully saturated rings. The first-order valence-corrected chi connectivity index (χ1v) is 8.90. The second kappa shape index (κ2) is 7.85. The standard InChI is InChI=1S/C20H27N3O2/c1-15-6-4-7-16(2)19(15)21-20(24)17(3)23-11-9-22(10-12-23)14-18-8-5-13-25-18/h4-8,13,17H,9-12,14H2,1-3H3,(H,21,24). The number of rotatable bonds is 5. The van der Waals surface area contributed by atoms with Crippen molar-refractivity contribution in [2.24, 2.45) is 0 Å². The largest absolute Gasteiger partial charge is 0.468 e. The van der Waals surface area contributed by atoms with Gasteiger partial charge in [0.1, 0.15) is 5.76 Å². The highest BCUT2D eigenvalue weighted by molar-refractivity contribution is 5.95. The third-order valence-electron chi connectivity index (χ3n) is 5.02. The number of hydrogen-bond donors (Lipinski definition) is 1. The molecule has 1 aliphatic rings. The molecule has 134 valence electrons. The van der Waals surface area contributed by atoms with Gasteiger partial charge in [-0.25, -0.2) is 0 Å². The molecule has 5 heteroatoms. The SMILES string of the molecule is Cc1cccc(C)c1NC(=O)C(C)N1CCN(Cc2ccco2)CC1. The van der Waals surface area contributed by atoms with Crippen molar-refractivity contribution in [3.63, 3.8) is 0 Å². The predicted octanol–water partition coefficient (Wildman–Crippen LogP) is 3.04. The first kappa shape index (κ1) is 17.7. The number of benzene rings is 1. The van der Waals surface area contributed by atoms with Crippen LogP contribution >= 0.6 is 0 Å². The topological polar surface area (TPSA) is 48.7 Å². The molecule has 2 heterocycles. The van der Waals surface area contributed by atoms with Gasteiger partial charge in [0.05, 0.1) is 18.8 Å². The first-order valence-electron chi connectivity index (χ1n) is 8.90. The molecule has 1 saturated heterocycles. The third kappa shape index (κ3) is 4.30. The third-order valence-corrected chi connectivity index (χ3v) is 5.02. The Hall–Kier alpha value is -2.11. The highest BCUT2D eigenvalue weighted by Gasteiger charge is 2.26. The van der Waals surface area contributed by atoms with Gasteiger partial charge in [-0.2, -0.15) is 0 Å². The maximum absolute atomic E-state index is 12.7. The predicted molar refractivity (Wildman–Crippen MR) is 99.6 cm³/mol. The fourth-order valence-electron chi connectivity index (χ4n) is 3.34. The molecule has 2 aromatic rings. The maximum Gasteiger partial charge on any atom is 0.241 e. The van der Waals surface area contributed by atoms with Gasteiger partial charge in [-0.15, -0.1) is 0 Å². The van der Waals surface area contributed by atoms with Gasteiger partial charge >= 0.3 is 0 Å². The van der Waals surface area contributed by atoms with E-state index >= 15 is 0 Å². The van der Waals surface area contributed by atoms with Gasteiger partial charge < -0.3 is 9.73 Å². The van der Waals surface area contributed by atoms with Crippen LogP contribution in [0.25, 0.3) is 0 Å². The van der Waals surface area contributed by atoms with Crippen molar-refractivity contribution in [2.45, 2.75) is 33.4 Å². The van der Waals surface area contributed by atoms with E-state index in [-0.39, 0.29) is 11.9 Å². The number of carbonyl (C=O) groups excluding carboxylic acids is 1. The summed E-state index contributed by atoms with van der Waals surface area (Å²) in [5.74, 6) is 1.06. The molecule has 0 aliphatic carbocycles. The lowest BCUT2D eigenvalue weighted by atomic mass is 10.1. The normalized spacial score (nSPS) is 17.4. The number of carbonyl (C=O) groups is 1.